The second kappa shape index (κ2) is 3.26. The van der Waals surface area contributed by atoms with E-state index in [1.807, 2.05) is 0 Å². The van der Waals surface area contributed by atoms with Gasteiger partial charge < -0.3 is 10.2 Å². The van der Waals surface area contributed by atoms with Crippen molar-refractivity contribution < 1.29 is 15.0 Å². The second-order valence-electron chi connectivity index (χ2n) is 2.70. The van der Waals surface area contributed by atoms with Crippen LogP contribution in [0.4, 0.5) is 0 Å². The van der Waals surface area contributed by atoms with Crippen LogP contribution in [0.3, 0.4) is 0 Å². The summed E-state index contributed by atoms with van der Waals surface area (Å²) in [6.45, 7) is 1.76. The third-order valence-corrected chi connectivity index (χ3v) is 1.64. The maximum absolute atomic E-state index is 10.4. The van der Waals surface area contributed by atoms with E-state index in [-0.39, 0.29) is 11.3 Å². The molecule has 0 heterocycles. The van der Waals surface area contributed by atoms with Crippen molar-refractivity contribution in [1.82, 2.24) is 0 Å². The minimum Gasteiger partial charge on any atom is -0.507 e. The van der Waals surface area contributed by atoms with Crippen LogP contribution in [0.15, 0.2) is 18.2 Å². The fraction of sp³-hybridized carbons (Fsp3) is 0.111. The minimum absolute atomic E-state index is 0.0486. The lowest BCUT2D eigenvalue weighted by atomic mass is 10.1. The Morgan fingerprint density at radius 1 is 1.46 bits per heavy atom. The average molecular weight is 179 g/mol. The molecule has 4 heteroatoms. The van der Waals surface area contributed by atoms with Crippen LogP contribution >= 0.6 is 0 Å². The van der Waals surface area contributed by atoms with E-state index in [0.29, 0.717) is 0 Å². The average Bonchev–Trinajstić information content (AvgIpc) is 2.08. The normalized spacial score (nSPS) is 9.62. The van der Waals surface area contributed by atoms with Crippen molar-refractivity contribution in [3.05, 3.63) is 29.3 Å². The molecule has 0 aromatic heterocycles. The number of phenolic OH excluding ortho intramolecular Hbond substituents is 1. The summed E-state index contributed by atoms with van der Waals surface area (Å²) in [5, 5.41) is 24.9. The predicted molar refractivity (Wildman–Crippen MR) is 47.3 cm³/mol. The molecule has 68 valence electrons. The van der Waals surface area contributed by atoms with E-state index in [4.69, 9.17) is 10.5 Å². The molecule has 0 spiro atoms. The van der Waals surface area contributed by atoms with Crippen LogP contribution in [0.1, 0.15) is 11.1 Å². The van der Waals surface area contributed by atoms with Gasteiger partial charge in [-0.3, -0.25) is 5.41 Å². The van der Waals surface area contributed by atoms with Crippen molar-refractivity contribution in [2.45, 2.75) is 6.92 Å². The van der Waals surface area contributed by atoms with Gasteiger partial charge >= 0.3 is 5.97 Å². The van der Waals surface area contributed by atoms with Crippen molar-refractivity contribution in [2.24, 2.45) is 0 Å². The van der Waals surface area contributed by atoms with Gasteiger partial charge in [-0.25, -0.2) is 4.79 Å². The fourth-order valence-corrected chi connectivity index (χ4v) is 0.965. The topological polar surface area (TPSA) is 81.4 Å². The molecule has 0 radical (unpaired) electrons. The summed E-state index contributed by atoms with van der Waals surface area (Å²) < 4.78 is 0. The van der Waals surface area contributed by atoms with Crippen LogP contribution in [0.25, 0.3) is 0 Å². The first-order chi connectivity index (χ1) is 6.02. The zero-order valence-corrected chi connectivity index (χ0v) is 7.03. The number of hydrogen-bond acceptors (Lipinski definition) is 3. The van der Waals surface area contributed by atoms with Crippen molar-refractivity contribution in [3.8, 4) is 5.75 Å². The first-order valence-electron chi connectivity index (χ1n) is 3.64. The van der Waals surface area contributed by atoms with Gasteiger partial charge in [0.25, 0.3) is 0 Å². The highest BCUT2D eigenvalue weighted by atomic mass is 16.4. The molecule has 0 saturated heterocycles. The highest BCUT2D eigenvalue weighted by Crippen LogP contribution is 2.18. The summed E-state index contributed by atoms with van der Waals surface area (Å²) in [5.74, 6) is -1.53. The summed E-state index contributed by atoms with van der Waals surface area (Å²) >= 11 is 0. The molecule has 13 heavy (non-hydrogen) atoms. The van der Waals surface area contributed by atoms with Gasteiger partial charge in [0, 0.05) is 5.56 Å². The van der Waals surface area contributed by atoms with Gasteiger partial charge in [0.05, 0.1) is 0 Å². The summed E-state index contributed by atoms with van der Waals surface area (Å²) in [5.41, 5.74) is 0.257. The smallest absolute Gasteiger partial charge is 0.354 e. The number of benzene rings is 1. The number of phenols is 1. The summed E-state index contributed by atoms with van der Waals surface area (Å²) in [6, 6.07) is 4.49. The minimum atomic E-state index is -1.35. The van der Waals surface area contributed by atoms with Crippen LogP contribution in [0.2, 0.25) is 0 Å². The van der Waals surface area contributed by atoms with Crippen molar-refractivity contribution >= 4 is 11.7 Å². The molecule has 0 bridgehead atoms. The Labute approximate surface area is 75.0 Å². The third-order valence-electron chi connectivity index (χ3n) is 1.64. The van der Waals surface area contributed by atoms with Gasteiger partial charge in [0.2, 0.25) is 0 Å². The van der Waals surface area contributed by atoms with E-state index in [0.717, 1.165) is 5.56 Å². The number of aromatic hydroxyl groups is 1. The fourth-order valence-electron chi connectivity index (χ4n) is 0.965. The van der Waals surface area contributed by atoms with Crippen LogP contribution in [-0.2, 0) is 4.79 Å². The molecule has 0 fully saturated rings. The maximum atomic E-state index is 10.4. The number of nitrogens with one attached hydrogen (secondary N) is 1. The van der Waals surface area contributed by atoms with Crippen LogP contribution in [0, 0.1) is 12.3 Å². The molecule has 0 aliphatic heterocycles. The quantitative estimate of drug-likeness (QED) is 0.595. The number of carboxylic acid groups (broad SMARTS) is 1. The Balaban J connectivity index is 3.21. The number of hydrogen-bond donors (Lipinski definition) is 3. The van der Waals surface area contributed by atoms with Gasteiger partial charge in [-0.15, -0.1) is 0 Å². The van der Waals surface area contributed by atoms with Crippen LogP contribution in [-0.4, -0.2) is 21.9 Å². The van der Waals surface area contributed by atoms with Gasteiger partial charge in [-0.1, -0.05) is 11.6 Å². The van der Waals surface area contributed by atoms with Crippen molar-refractivity contribution in [1.29, 1.82) is 5.41 Å². The number of carbonyl (C=O) groups is 1. The molecular formula is C9H9NO3. The number of carboxylic acids is 1. The summed E-state index contributed by atoms with van der Waals surface area (Å²) in [4.78, 5) is 10.4. The van der Waals surface area contributed by atoms with Crippen molar-refractivity contribution in [2.75, 3.05) is 0 Å². The lowest BCUT2D eigenvalue weighted by Crippen LogP contribution is -2.12. The van der Waals surface area contributed by atoms with Crippen molar-refractivity contribution in [3.63, 3.8) is 0 Å². The Morgan fingerprint density at radius 3 is 2.62 bits per heavy atom. The lowest BCUT2D eigenvalue weighted by molar-refractivity contribution is -0.129. The second-order valence-corrected chi connectivity index (χ2v) is 2.70. The molecular weight excluding hydrogens is 170 g/mol. The molecule has 1 aromatic carbocycles. The van der Waals surface area contributed by atoms with Gasteiger partial charge in [0.15, 0.2) is 5.71 Å². The first kappa shape index (κ1) is 9.25. The molecule has 4 nitrogen and oxygen atoms in total. The molecule has 1 rings (SSSR count). The van der Waals surface area contributed by atoms with Crippen LogP contribution in [0.5, 0.6) is 5.75 Å². The molecule has 3 N–H and O–H groups in total. The largest absolute Gasteiger partial charge is 0.507 e. The molecule has 0 unspecified atom stereocenters. The van der Waals surface area contributed by atoms with E-state index < -0.39 is 11.7 Å². The van der Waals surface area contributed by atoms with E-state index in [1.165, 1.54) is 12.1 Å². The SMILES string of the molecule is Cc1ccc(O)c(C(=N)C(=O)O)c1. The highest BCUT2D eigenvalue weighted by Gasteiger charge is 2.13. The Morgan fingerprint density at radius 2 is 2.08 bits per heavy atom. The molecule has 1 aromatic rings. The third kappa shape index (κ3) is 1.84. The number of rotatable bonds is 2. The zero-order valence-electron chi connectivity index (χ0n) is 7.03. The first-order valence-corrected chi connectivity index (χ1v) is 3.64. The predicted octanol–water partition coefficient (Wildman–Crippen LogP) is 1.15. The molecule has 0 saturated carbocycles. The Kier molecular flexibility index (Phi) is 2.32. The zero-order chi connectivity index (χ0) is 10.0. The maximum Gasteiger partial charge on any atom is 0.354 e. The number of aryl methyl sites for hydroxylation is 1. The highest BCUT2D eigenvalue weighted by molar-refractivity contribution is 6.41. The lowest BCUT2D eigenvalue weighted by Gasteiger charge is -2.03. The molecule has 0 amide bonds. The van der Waals surface area contributed by atoms with Gasteiger partial charge in [-0.05, 0) is 19.1 Å². The number of aliphatic carboxylic acids is 1. The van der Waals surface area contributed by atoms with E-state index >= 15 is 0 Å². The summed E-state index contributed by atoms with van der Waals surface area (Å²) in [6.07, 6.45) is 0. The van der Waals surface area contributed by atoms with Gasteiger partial charge in [-0.2, -0.15) is 0 Å². The van der Waals surface area contributed by atoms with Gasteiger partial charge in [0.1, 0.15) is 5.75 Å². The standard InChI is InChI=1S/C9H9NO3/c1-5-2-3-7(11)6(4-5)8(10)9(12)13/h2-4,10-11H,1H3,(H,12,13). The monoisotopic (exact) mass is 179 g/mol. The van der Waals surface area contributed by atoms with Crippen LogP contribution < -0.4 is 0 Å². The van der Waals surface area contributed by atoms with E-state index in [2.05, 4.69) is 0 Å². The Bertz CT molecular complexity index is 371. The summed E-state index contributed by atoms with van der Waals surface area (Å²) in [7, 11) is 0. The van der Waals surface area contributed by atoms with E-state index in [9.17, 15) is 9.90 Å². The van der Waals surface area contributed by atoms with E-state index in [1.54, 1.807) is 13.0 Å². The molecule has 0 aliphatic rings. The Hall–Kier alpha value is -1.84. The molecule has 0 aliphatic carbocycles. The molecule has 0 atom stereocenters.